The molecule has 26 heavy (non-hydrogen) atoms. The van der Waals surface area contributed by atoms with Crippen molar-refractivity contribution in [1.29, 1.82) is 0 Å². The van der Waals surface area contributed by atoms with Crippen LogP contribution in [0.5, 0.6) is 11.5 Å². The molecule has 0 amide bonds. The summed E-state index contributed by atoms with van der Waals surface area (Å²) in [5, 5.41) is 3.05. The number of nitrogens with one attached hydrogen (secondary N) is 1. The highest BCUT2D eigenvalue weighted by Crippen LogP contribution is 2.24. The van der Waals surface area contributed by atoms with E-state index in [1.165, 1.54) is 0 Å². The number of anilines is 1. The van der Waals surface area contributed by atoms with Crippen molar-refractivity contribution in [2.75, 3.05) is 23.4 Å². The summed E-state index contributed by atoms with van der Waals surface area (Å²) in [6.45, 7) is 0.536. The molecule has 0 atom stereocenters. The topological polar surface area (TPSA) is 93.8 Å². The second kappa shape index (κ2) is 8.23. The molecule has 0 radical (unpaired) electrons. The maximum absolute atomic E-state index is 11.5. The lowest BCUT2D eigenvalue weighted by molar-refractivity contribution is 0.475. The summed E-state index contributed by atoms with van der Waals surface area (Å²) in [6, 6.07) is 17.0. The predicted octanol–water partition coefficient (Wildman–Crippen LogP) is 3.03. The van der Waals surface area contributed by atoms with E-state index in [2.05, 4.69) is 10.3 Å². The molecule has 1 heterocycles. The Morgan fingerprint density at radius 1 is 1.08 bits per heavy atom. The molecule has 2 aromatic carbocycles. The first-order valence-electron chi connectivity index (χ1n) is 8.60. The van der Waals surface area contributed by atoms with E-state index in [0.29, 0.717) is 31.1 Å². The van der Waals surface area contributed by atoms with Crippen molar-refractivity contribution in [1.82, 2.24) is 0 Å². The Labute approximate surface area is 154 Å². The van der Waals surface area contributed by atoms with Gasteiger partial charge in [0.15, 0.2) is 5.96 Å². The van der Waals surface area contributed by atoms with E-state index in [1.54, 1.807) is 0 Å². The molecule has 3 rings (SSSR count). The molecule has 3 N–H and O–H groups in total. The van der Waals surface area contributed by atoms with Gasteiger partial charge in [-0.3, -0.25) is 4.99 Å². The summed E-state index contributed by atoms with van der Waals surface area (Å²) in [5.74, 6) is 2.55. The Hall–Kier alpha value is -2.54. The minimum Gasteiger partial charge on any atom is -0.457 e. The summed E-state index contributed by atoms with van der Waals surface area (Å²) in [6.07, 6.45) is 1.30. The first kappa shape index (κ1) is 18.3. The molecule has 1 aliphatic heterocycles. The van der Waals surface area contributed by atoms with Crippen LogP contribution in [0.25, 0.3) is 0 Å². The molecule has 7 heteroatoms. The molecule has 1 saturated heterocycles. The molecule has 0 aromatic heterocycles. The molecule has 0 aliphatic carbocycles. The SMILES string of the molecule is NC(=NCC1CCS(=O)(=O)CC1)Nc1cccc(Oc2ccccc2)c1. The van der Waals surface area contributed by atoms with Crippen LogP contribution in [0.1, 0.15) is 12.8 Å². The number of rotatable bonds is 5. The Bertz CT molecular complexity index is 853. The number of aliphatic imine (C=N–C) groups is 1. The average molecular weight is 373 g/mol. The van der Waals surface area contributed by atoms with Gasteiger partial charge in [-0.2, -0.15) is 0 Å². The van der Waals surface area contributed by atoms with E-state index in [9.17, 15) is 8.42 Å². The minimum absolute atomic E-state index is 0.249. The van der Waals surface area contributed by atoms with E-state index in [1.807, 2.05) is 54.6 Å². The first-order chi connectivity index (χ1) is 12.5. The van der Waals surface area contributed by atoms with Gasteiger partial charge in [0.2, 0.25) is 0 Å². The first-order valence-corrected chi connectivity index (χ1v) is 10.4. The second-order valence-corrected chi connectivity index (χ2v) is 8.69. The number of ether oxygens (including phenoxy) is 1. The molecular formula is C19H23N3O3S. The van der Waals surface area contributed by atoms with Crippen molar-refractivity contribution in [2.45, 2.75) is 12.8 Å². The molecule has 1 fully saturated rings. The summed E-state index contributed by atoms with van der Waals surface area (Å²) >= 11 is 0. The van der Waals surface area contributed by atoms with Crippen LogP contribution in [-0.2, 0) is 9.84 Å². The van der Waals surface area contributed by atoms with E-state index >= 15 is 0 Å². The zero-order valence-corrected chi connectivity index (χ0v) is 15.3. The lowest BCUT2D eigenvalue weighted by Crippen LogP contribution is -2.27. The number of para-hydroxylation sites is 1. The number of guanidine groups is 1. The Morgan fingerprint density at radius 3 is 2.50 bits per heavy atom. The van der Waals surface area contributed by atoms with Crippen molar-refractivity contribution in [3.8, 4) is 11.5 Å². The monoisotopic (exact) mass is 373 g/mol. The van der Waals surface area contributed by atoms with Crippen molar-refractivity contribution in [3.05, 3.63) is 54.6 Å². The summed E-state index contributed by atoms with van der Waals surface area (Å²) < 4.78 is 28.7. The van der Waals surface area contributed by atoms with Crippen molar-refractivity contribution in [2.24, 2.45) is 16.6 Å². The number of benzene rings is 2. The molecule has 2 aromatic rings. The Kier molecular flexibility index (Phi) is 5.78. The quantitative estimate of drug-likeness (QED) is 0.621. The number of sulfone groups is 1. The van der Waals surface area contributed by atoms with Gasteiger partial charge in [-0.15, -0.1) is 0 Å². The molecule has 0 saturated carbocycles. The zero-order valence-electron chi connectivity index (χ0n) is 14.5. The Balaban J connectivity index is 1.55. The van der Waals surface area contributed by atoms with Gasteiger partial charge in [0, 0.05) is 18.3 Å². The maximum Gasteiger partial charge on any atom is 0.193 e. The highest BCUT2D eigenvalue weighted by molar-refractivity contribution is 7.91. The van der Waals surface area contributed by atoms with E-state index in [4.69, 9.17) is 10.5 Å². The van der Waals surface area contributed by atoms with Crippen LogP contribution < -0.4 is 15.8 Å². The third-order valence-corrected chi connectivity index (χ3v) is 5.99. The number of nitrogens with zero attached hydrogens (tertiary/aromatic N) is 1. The highest BCUT2D eigenvalue weighted by Gasteiger charge is 2.23. The number of hydrogen-bond acceptors (Lipinski definition) is 4. The predicted molar refractivity (Wildman–Crippen MR) is 104 cm³/mol. The summed E-state index contributed by atoms with van der Waals surface area (Å²) in [4.78, 5) is 4.35. The standard InChI is InChI=1S/C19H23N3O3S/c20-19(21-14-15-9-11-26(23,24)12-10-15)22-16-5-4-8-18(13-16)25-17-6-2-1-3-7-17/h1-8,13,15H,9-12,14H2,(H3,20,21,22). The van der Waals surface area contributed by atoms with Gasteiger partial charge in [0.05, 0.1) is 11.5 Å². The van der Waals surface area contributed by atoms with Crippen LogP contribution in [0.2, 0.25) is 0 Å². The highest BCUT2D eigenvalue weighted by atomic mass is 32.2. The van der Waals surface area contributed by atoms with Gasteiger partial charge >= 0.3 is 0 Å². The van der Waals surface area contributed by atoms with Gasteiger partial charge in [-0.25, -0.2) is 8.42 Å². The smallest absolute Gasteiger partial charge is 0.193 e. The second-order valence-electron chi connectivity index (χ2n) is 6.39. The molecule has 0 spiro atoms. The fourth-order valence-electron chi connectivity index (χ4n) is 2.80. The van der Waals surface area contributed by atoms with Gasteiger partial charge < -0.3 is 15.8 Å². The maximum atomic E-state index is 11.5. The molecular weight excluding hydrogens is 350 g/mol. The molecule has 0 unspecified atom stereocenters. The van der Waals surface area contributed by atoms with Crippen LogP contribution in [0.3, 0.4) is 0 Å². The van der Waals surface area contributed by atoms with Crippen LogP contribution in [-0.4, -0.2) is 32.4 Å². The molecule has 1 aliphatic rings. The molecule has 6 nitrogen and oxygen atoms in total. The van der Waals surface area contributed by atoms with E-state index < -0.39 is 9.84 Å². The fraction of sp³-hybridized carbons (Fsp3) is 0.316. The third-order valence-electron chi connectivity index (χ3n) is 4.28. The summed E-state index contributed by atoms with van der Waals surface area (Å²) in [5.41, 5.74) is 6.74. The lowest BCUT2D eigenvalue weighted by Gasteiger charge is -2.20. The van der Waals surface area contributed by atoms with E-state index in [-0.39, 0.29) is 17.4 Å². The van der Waals surface area contributed by atoms with Crippen LogP contribution in [0.15, 0.2) is 59.6 Å². The minimum atomic E-state index is -2.84. The lowest BCUT2D eigenvalue weighted by atomic mass is 10.0. The largest absolute Gasteiger partial charge is 0.457 e. The zero-order chi connectivity index (χ0) is 18.4. The number of hydrogen-bond donors (Lipinski definition) is 2. The third kappa shape index (κ3) is 5.49. The van der Waals surface area contributed by atoms with Gasteiger partial charge in [-0.1, -0.05) is 24.3 Å². The van der Waals surface area contributed by atoms with Crippen LogP contribution >= 0.6 is 0 Å². The van der Waals surface area contributed by atoms with Gasteiger partial charge in [0.1, 0.15) is 21.3 Å². The van der Waals surface area contributed by atoms with E-state index in [0.717, 1.165) is 11.4 Å². The van der Waals surface area contributed by atoms with Gasteiger partial charge in [0.25, 0.3) is 0 Å². The summed E-state index contributed by atoms with van der Waals surface area (Å²) in [7, 11) is -2.84. The molecule has 138 valence electrons. The molecule has 0 bridgehead atoms. The van der Waals surface area contributed by atoms with Crippen molar-refractivity contribution in [3.63, 3.8) is 0 Å². The number of nitrogens with two attached hydrogens (primary N) is 1. The Morgan fingerprint density at radius 2 is 1.77 bits per heavy atom. The van der Waals surface area contributed by atoms with Crippen LogP contribution in [0, 0.1) is 5.92 Å². The van der Waals surface area contributed by atoms with Gasteiger partial charge in [-0.05, 0) is 43.0 Å². The normalized spacial score (nSPS) is 17.6. The van der Waals surface area contributed by atoms with Crippen molar-refractivity contribution >= 4 is 21.5 Å². The average Bonchev–Trinajstić information content (AvgIpc) is 2.62. The van der Waals surface area contributed by atoms with Crippen molar-refractivity contribution < 1.29 is 13.2 Å². The van der Waals surface area contributed by atoms with Crippen LogP contribution in [0.4, 0.5) is 5.69 Å². The fourth-order valence-corrected chi connectivity index (χ4v) is 4.39.